The Morgan fingerprint density at radius 2 is 1.77 bits per heavy atom. The maximum absolute atomic E-state index is 11.2. The average Bonchev–Trinajstić information content (AvgIpc) is 3.19. The predicted molar refractivity (Wildman–Crippen MR) is 139 cm³/mol. The molecule has 4 aromatic rings. The lowest BCUT2D eigenvalue weighted by molar-refractivity contribution is -0.136. The molecule has 5 nitrogen and oxygen atoms in total. The van der Waals surface area contributed by atoms with Crippen LogP contribution in [0.1, 0.15) is 60.0 Å². The standard InChI is InChI=1S/C29H30N2O3S/c32-27(33)17-24-19-35-29(31-24)28(21-8-2-1-3-9-21)22-10-6-11-25(16-14-22)34-18-23-15-13-20-7-4-5-12-26(20)30-23/h1-5,7-9,12-13,15,19,22,25,28H,6,10-11,14,16-18H2,(H,32,33). The van der Waals surface area contributed by atoms with E-state index in [0.717, 1.165) is 53.7 Å². The molecule has 1 saturated carbocycles. The summed E-state index contributed by atoms with van der Waals surface area (Å²) in [5.74, 6) is -0.202. The summed E-state index contributed by atoms with van der Waals surface area (Å²) in [4.78, 5) is 20.7. The third-order valence-corrected chi connectivity index (χ3v) is 7.86. The van der Waals surface area contributed by atoms with Gasteiger partial charge in [-0.15, -0.1) is 11.3 Å². The van der Waals surface area contributed by atoms with Crippen molar-refractivity contribution in [3.63, 3.8) is 0 Å². The lowest BCUT2D eigenvalue weighted by atomic mass is 9.81. The summed E-state index contributed by atoms with van der Waals surface area (Å²) < 4.78 is 6.34. The number of para-hydroxylation sites is 1. The van der Waals surface area contributed by atoms with Crippen LogP contribution >= 0.6 is 11.3 Å². The Bertz CT molecular complexity index is 1270. The van der Waals surface area contributed by atoms with Crippen molar-refractivity contribution in [1.82, 2.24) is 9.97 Å². The van der Waals surface area contributed by atoms with Crippen LogP contribution in [0.5, 0.6) is 0 Å². The number of aromatic nitrogens is 2. The zero-order valence-corrected chi connectivity index (χ0v) is 20.5. The van der Waals surface area contributed by atoms with Gasteiger partial charge in [-0.25, -0.2) is 4.98 Å². The Balaban J connectivity index is 1.27. The van der Waals surface area contributed by atoms with Gasteiger partial charge in [0.1, 0.15) is 5.01 Å². The van der Waals surface area contributed by atoms with E-state index in [0.29, 0.717) is 18.2 Å². The van der Waals surface area contributed by atoms with Crippen molar-refractivity contribution in [3.05, 3.63) is 94.1 Å². The number of carboxylic acid groups (broad SMARTS) is 1. The van der Waals surface area contributed by atoms with Crippen LogP contribution in [0.25, 0.3) is 10.9 Å². The molecule has 0 saturated heterocycles. The van der Waals surface area contributed by atoms with E-state index >= 15 is 0 Å². The minimum atomic E-state index is -0.839. The van der Waals surface area contributed by atoms with E-state index in [4.69, 9.17) is 14.7 Å². The topological polar surface area (TPSA) is 72.3 Å². The molecule has 35 heavy (non-hydrogen) atoms. The Morgan fingerprint density at radius 1 is 0.943 bits per heavy atom. The van der Waals surface area contributed by atoms with Gasteiger partial charge in [0, 0.05) is 16.7 Å². The van der Waals surface area contributed by atoms with Crippen molar-refractivity contribution >= 4 is 28.2 Å². The number of benzene rings is 2. The molecule has 2 aromatic carbocycles. The van der Waals surface area contributed by atoms with Crippen molar-refractivity contribution in [2.45, 2.75) is 57.2 Å². The minimum absolute atomic E-state index is 0.0264. The van der Waals surface area contributed by atoms with E-state index in [2.05, 4.69) is 42.5 Å². The van der Waals surface area contributed by atoms with Crippen molar-refractivity contribution in [1.29, 1.82) is 0 Å². The number of aliphatic carboxylic acids is 1. The summed E-state index contributed by atoms with van der Waals surface area (Å²) in [6.45, 7) is 0.535. The molecule has 1 fully saturated rings. The Morgan fingerprint density at radius 3 is 2.63 bits per heavy atom. The predicted octanol–water partition coefficient (Wildman–Crippen LogP) is 6.62. The second-order valence-corrected chi connectivity index (χ2v) is 10.2. The molecule has 0 spiro atoms. The third-order valence-electron chi connectivity index (χ3n) is 6.88. The van der Waals surface area contributed by atoms with Crippen LogP contribution in [0.4, 0.5) is 0 Å². The number of nitrogens with zero attached hydrogens (tertiary/aromatic N) is 2. The number of ether oxygens (including phenoxy) is 1. The van der Waals surface area contributed by atoms with Crippen LogP contribution < -0.4 is 0 Å². The van der Waals surface area contributed by atoms with E-state index in [1.807, 2.05) is 29.6 Å². The molecular weight excluding hydrogens is 456 g/mol. The smallest absolute Gasteiger partial charge is 0.309 e. The first kappa shape index (κ1) is 23.6. The van der Waals surface area contributed by atoms with E-state index in [-0.39, 0.29) is 18.4 Å². The molecule has 2 aromatic heterocycles. The Kier molecular flexibility index (Phi) is 7.50. The maximum atomic E-state index is 11.2. The number of fused-ring (bicyclic) bond motifs is 1. The summed E-state index contributed by atoms with van der Waals surface area (Å²) in [7, 11) is 0. The highest BCUT2D eigenvalue weighted by molar-refractivity contribution is 7.09. The van der Waals surface area contributed by atoms with E-state index in [1.165, 1.54) is 5.56 Å². The number of pyridine rings is 1. The highest BCUT2D eigenvalue weighted by Gasteiger charge is 2.30. The molecular formula is C29H30N2O3S. The van der Waals surface area contributed by atoms with Gasteiger partial charge in [-0.3, -0.25) is 9.78 Å². The van der Waals surface area contributed by atoms with Gasteiger partial charge in [0.2, 0.25) is 0 Å². The van der Waals surface area contributed by atoms with Crippen LogP contribution in [0.2, 0.25) is 0 Å². The molecule has 0 aliphatic heterocycles. The van der Waals surface area contributed by atoms with Gasteiger partial charge in [0.05, 0.1) is 36.0 Å². The molecule has 1 N–H and O–H groups in total. The highest BCUT2D eigenvalue weighted by atomic mass is 32.1. The van der Waals surface area contributed by atoms with Crippen molar-refractivity contribution in [3.8, 4) is 0 Å². The Hall–Kier alpha value is -3.09. The molecule has 0 amide bonds. The van der Waals surface area contributed by atoms with Crippen LogP contribution in [0, 0.1) is 5.92 Å². The fourth-order valence-corrected chi connectivity index (χ4v) is 6.20. The molecule has 5 rings (SSSR count). The van der Waals surface area contributed by atoms with Crippen LogP contribution in [-0.2, 0) is 22.6 Å². The lowest BCUT2D eigenvalue weighted by Gasteiger charge is -2.25. The molecule has 6 heteroatoms. The average molecular weight is 487 g/mol. The van der Waals surface area contributed by atoms with Crippen molar-refractivity contribution < 1.29 is 14.6 Å². The minimum Gasteiger partial charge on any atom is -0.481 e. The lowest BCUT2D eigenvalue weighted by Crippen LogP contribution is -2.16. The van der Waals surface area contributed by atoms with Gasteiger partial charge in [0.25, 0.3) is 0 Å². The van der Waals surface area contributed by atoms with Crippen molar-refractivity contribution in [2.75, 3.05) is 0 Å². The SMILES string of the molecule is O=C(O)Cc1csc(C(c2ccccc2)C2CCCC(OCc3ccc4ccccc4n3)CC2)n1. The molecule has 1 aliphatic rings. The normalized spacial score (nSPS) is 19.3. The largest absolute Gasteiger partial charge is 0.481 e. The molecule has 180 valence electrons. The van der Waals surface area contributed by atoms with Gasteiger partial charge in [0.15, 0.2) is 0 Å². The number of carboxylic acids is 1. The summed E-state index contributed by atoms with van der Waals surface area (Å²) >= 11 is 1.59. The molecule has 0 radical (unpaired) electrons. The number of hydrogen-bond acceptors (Lipinski definition) is 5. The number of carbonyl (C=O) groups is 1. The van der Waals surface area contributed by atoms with E-state index in [9.17, 15) is 9.90 Å². The van der Waals surface area contributed by atoms with Crippen LogP contribution in [0.3, 0.4) is 0 Å². The summed E-state index contributed by atoms with van der Waals surface area (Å²) in [6.07, 6.45) is 5.54. The zero-order valence-electron chi connectivity index (χ0n) is 19.7. The fraction of sp³-hybridized carbons (Fsp3) is 0.345. The Labute approximate surface area is 209 Å². The highest BCUT2D eigenvalue weighted by Crippen LogP contribution is 2.41. The molecule has 1 aliphatic carbocycles. The van der Waals surface area contributed by atoms with Gasteiger partial charge in [-0.1, -0.05) is 61.0 Å². The molecule has 0 bridgehead atoms. The van der Waals surface area contributed by atoms with E-state index in [1.54, 1.807) is 11.3 Å². The monoisotopic (exact) mass is 486 g/mol. The summed E-state index contributed by atoms with van der Waals surface area (Å²) in [6, 6.07) is 22.9. The first-order valence-corrected chi connectivity index (χ1v) is 13.2. The van der Waals surface area contributed by atoms with Crippen LogP contribution in [0.15, 0.2) is 72.1 Å². The van der Waals surface area contributed by atoms with Gasteiger partial charge < -0.3 is 9.84 Å². The first-order chi connectivity index (χ1) is 17.2. The zero-order chi connectivity index (χ0) is 24.0. The summed E-state index contributed by atoms with van der Waals surface area (Å²) in [5, 5.41) is 13.3. The quantitative estimate of drug-likeness (QED) is 0.284. The van der Waals surface area contributed by atoms with Crippen molar-refractivity contribution in [2.24, 2.45) is 5.92 Å². The van der Waals surface area contributed by atoms with Gasteiger partial charge in [-0.05, 0) is 49.3 Å². The second kappa shape index (κ2) is 11.1. The van der Waals surface area contributed by atoms with E-state index < -0.39 is 5.97 Å². The molecule has 3 atom stereocenters. The first-order valence-electron chi connectivity index (χ1n) is 12.3. The summed E-state index contributed by atoms with van der Waals surface area (Å²) in [5.41, 5.74) is 3.89. The molecule has 2 heterocycles. The number of hydrogen-bond donors (Lipinski definition) is 1. The molecule has 3 unspecified atom stereocenters. The number of thiazole rings is 1. The second-order valence-electron chi connectivity index (χ2n) is 9.33. The van der Waals surface area contributed by atoms with Crippen LogP contribution in [-0.4, -0.2) is 27.1 Å². The van der Waals surface area contributed by atoms with Gasteiger partial charge >= 0.3 is 5.97 Å². The third kappa shape index (κ3) is 5.95. The fourth-order valence-electron chi connectivity index (χ4n) is 5.17. The number of rotatable bonds is 8. The van der Waals surface area contributed by atoms with Gasteiger partial charge in [-0.2, -0.15) is 0 Å². The maximum Gasteiger partial charge on any atom is 0.309 e.